The van der Waals surface area contributed by atoms with E-state index in [1.807, 2.05) is 11.0 Å². The van der Waals surface area contributed by atoms with Gasteiger partial charge in [-0.05, 0) is 49.7 Å². The van der Waals surface area contributed by atoms with Gasteiger partial charge in [-0.3, -0.25) is 9.59 Å². The Kier molecular flexibility index (Phi) is 5.53. The number of aromatic nitrogens is 1. The van der Waals surface area contributed by atoms with Crippen LogP contribution in [0, 0.1) is 5.41 Å². The topological polar surface area (TPSA) is 74.8 Å². The molecule has 152 valence electrons. The molecule has 0 unspecified atom stereocenters. The summed E-state index contributed by atoms with van der Waals surface area (Å²) in [4.78, 5) is 33.4. The van der Waals surface area contributed by atoms with Gasteiger partial charge in [0.25, 0.3) is 5.91 Å². The Balaban J connectivity index is 1.42. The van der Waals surface area contributed by atoms with Gasteiger partial charge >= 0.3 is 0 Å². The van der Waals surface area contributed by atoms with E-state index in [2.05, 4.69) is 15.2 Å². The van der Waals surface area contributed by atoms with Gasteiger partial charge in [0.1, 0.15) is 5.82 Å². The lowest BCUT2D eigenvalue weighted by Crippen LogP contribution is -2.53. The van der Waals surface area contributed by atoms with Crippen molar-refractivity contribution >= 4 is 17.6 Å². The molecule has 7 nitrogen and oxygen atoms in total. The monoisotopic (exact) mass is 386 g/mol. The zero-order chi connectivity index (χ0) is 19.6. The first-order valence-corrected chi connectivity index (χ1v) is 10.4. The molecule has 3 aliphatic rings. The molecule has 4 heterocycles. The average molecular weight is 386 g/mol. The maximum absolute atomic E-state index is 12.5. The molecule has 3 saturated heterocycles. The van der Waals surface area contributed by atoms with Crippen LogP contribution in [0.4, 0.5) is 5.82 Å². The predicted octanol–water partition coefficient (Wildman–Crippen LogP) is 1.83. The predicted molar refractivity (Wildman–Crippen MR) is 106 cm³/mol. The molecule has 0 bridgehead atoms. The Hall–Kier alpha value is -2.15. The van der Waals surface area contributed by atoms with Gasteiger partial charge in [-0.25, -0.2) is 4.98 Å². The number of nitrogens with one attached hydrogen (secondary N) is 1. The smallest absolute Gasteiger partial charge is 0.254 e. The van der Waals surface area contributed by atoms with Crippen molar-refractivity contribution in [3.8, 4) is 0 Å². The summed E-state index contributed by atoms with van der Waals surface area (Å²) in [5.74, 6) is 0.935. The highest BCUT2D eigenvalue weighted by Crippen LogP contribution is 2.41. The van der Waals surface area contributed by atoms with Gasteiger partial charge in [-0.15, -0.1) is 0 Å². The lowest BCUT2D eigenvalue weighted by atomic mass is 9.72. The highest BCUT2D eigenvalue weighted by atomic mass is 16.5. The van der Waals surface area contributed by atoms with Gasteiger partial charge < -0.3 is 19.9 Å². The maximum Gasteiger partial charge on any atom is 0.254 e. The Bertz CT molecular complexity index is 724. The molecule has 28 heavy (non-hydrogen) atoms. The van der Waals surface area contributed by atoms with Crippen LogP contribution in [-0.4, -0.2) is 67.6 Å². The summed E-state index contributed by atoms with van der Waals surface area (Å²) in [5, 5.41) is 2.70. The second kappa shape index (κ2) is 8.07. The van der Waals surface area contributed by atoms with Crippen molar-refractivity contribution in [2.24, 2.45) is 5.41 Å². The first kappa shape index (κ1) is 19.2. The maximum atomic E-state index is 12.5. The van der Waals surface area contributed by atoms with Gasteiger partial charge in [-0.1, -0.05) is 0 Å². The van der Waals surface area contributed by atoms with Crippen molar-refractivity contribution in [2.75, 3.05) is 44.7 Å². The number of pyridine rings is 1. The molecule has 7 heteroatoms. The number of ether oxygens (including phenoxy) is 1. The van der Waals surface area contributed by atoms with E-state index in [1.54, 1.807) is 19.3 Å². The summed E-state index contributed by atoms with van der Waals surface area (Å²) in [6.07, 6.45) is 7.76. The lowest BCUT2D eigenvalue weighted by molar-refractivity contribution is -0.140. The van der Waals surface area contributed by atoms with Crippen molar-refractivity contribution in [1.29, 1.82) is 0 Å². The van der Waals surface area contributed by atoms with Crippen molar-refractivity contribution in [2.45, 2.75) is 44.6 Å². The minimum Gasteiger partial charge on any atom is -0.376 e. The summed E-state index contributed by atoms with van der Waals surface area (Å²) in [7, 11) is 1.64. The normalized spacial score (nSPS) is 24.6. The number of piperidine rings is 2. The van der Waals surface area contributed by atoms with E-state index in [0.717, 1.165) is 70.7 Å². The fraction of sp³-hybridized carbons (Fsp3) is 0.667. The zero-order valence-electron chi connectivity index (χ0n) is 16.7. The fourth-order valence-corrected chi connectivity index (χ4v) is 4.86. The van der Waals surface area contributed by atoms with E-state index in [9.17, 15) is 9.59 Å². The van der Waals surface area contributed by atoms with Crippen LogP contribution in [0.1, 0.15) is 48.9 Å². The molecule has 0 aliphatic carbocycles. The molecular formula is C21H30N4O3. The number of anilines is 1. The average Bonchev–Trinajstić information content (AvgIpc) is 3.24. The lowest BCUT2D eigenvalue weighted by Gasteiger charge is -2.48. The standard InChI is InChI=1S/C21H30N4O3/c1-22-20(27)17-5-2-10-23-19(17)24-11-8-21(9-12-24)7-6-18(26)25(15-21)14-16-4-3-13-28-16/h2,5,10,16H,3-4,6-9,11-15H2,1H3,(H,22,27)/t16-/m0/s1. The second-order valence-corrected chi connectivity index (χ2v) is 8.35. The highest BCUT2D eigenvalue weighted by Gasteiger charge is 2.42. The first-order valence-electron chi connectivity index (χ1n) is 10.4. The number of nitrogens with zero attached hydrogens (tertiary/aromatic N) is 3. The first-order chi connectivity index (χ1) is 13.6. The van der Waals surface area contributed by atoms with Crippen LogP contribution >= 0.6 is 0 Å². The Morgan fingerprint density at radius 3 is 2.89 bits per heavy atom. The molecule has 1 N–H and O–H groups in total. The van der Waals surface area contributed by atoms with Gasteiger partial charge in [0.15, 0.2) is 0 Å². The number of rotatable bonds is 4. The van der Waals surface area contributed by atoms with E-state index in [0.29, 0.717) is 12.0 Å². The van der Waals surface area contributed by atoms with Gasteiger partial charge in [0, 0.05) is 52.5 Å². The summed E-state index contributed by atoms with van der Waals surface area (Å²) < 4.78 is 5.75. The van der Waals surface area contributed by atoms with E-state index in [1.165, 1.54) is 0 Å². The van der Waals surface area contributed by atoms with Crippen LogP contribution < -0.4 is 10.2 Å². The van der Waals surface area contributed by atoms with Crippen molar-refractivity contribution in [3.05, 3.63) is 23.9 Å². The fourth-order valence-electron chi connectivity index (χ4n) is 4.86. The van der Waals surface area contributed by atoms with Gasteiger partial charge in [0.2, 0.25) is 5.91 Å². The third kappa shape index (κ3) is 3.85. The number of likely N-dealkylation sites (tertiary alicyclic amines) is 1. The molecule has 1 atom stereocenters. The molecule has 3 aliphatic heterocycles. The van der Waals surface area contributed by atoms with Crippen molar-refractivity contribution < 1.29 is 14.3 Å². The minimum atomic E-state index is -0.102. The Morgan fingerprint density at radius 2 is 2.18 bits per heavy atom. The molecule has 3 fully saturated rings. The molecule has 0 radical (unpaired) electrons. The van der Waals surface area contributed by atoms with Crippen molar-refractivity contribution in [3.63, 3.8) is 0 Å². The zero-order valence-corrected chi connectivity index (χ0v) is 16.7. The Morgan fingerprint density at radius 1 is 1.36 bits per heavy atom. The van der Waals surface area contributed by atoms with E-state index in [4.69, 9.17) is 4.74 Å². The van der Waals surface area contributed by atoms with Crippen LogP contribution in [0.5, 0.6) is 0 Å². The number of hydrogen-bond acceptors (Lipinski definition) is 5. The number of carbonyl (C=O) groups excluding carboxylic acids is 2. The number of amides is 2. The van der Waals surface area contributed by atoms with Crippen LogP contribution in [0.15, 0.2) is 18.3 Å². The molecule has 0 saturated carbocycles. The van der Waals surface area contributed by atoms with Crippen LogP contribution in [0.3, 0.4) is 0 Å². The minimum absolute atomic E-state index is 0.102. The van der Waals surface area contributed by atoms with Crippen LogP contribution in [0.25, 0.3) is 0 Å². The van der Waals surface area contributed by atoms with E-state index >= 15 is 0 Å². The van der Waals surface area contributed by atoms with Crippen molar-refractivity contribution in [1.82, 2.24) is 15.2 Å². The molecule has 2 amide bonds. The summed E-state index contributed by atoms with van der Waals surface area (Å²) >= 11 is 0. The van der Waals surface area contributed by atoms with Gasteiger partial charge in [0.05, 0.1) is 11.7 Å². The molecule has 1 spiro atoms. The third-order valence-corrected chi connectivity index (χ3v) is 6.58. The van der Waals surface area contributed by atoms with E-state index in [-0.39, 0.29) is 23.3 Å². The molecule has 1 aromatic heterocycles. The quantitative estimate of drug-likeness (QED) is 0.855. The van der Waals surface area contributed by atoms with E-state index < -0.39 is 0 Å². The number of hydrogen-bond donors (Lipinski definition) is 1. The largest absolute Gasteiger partial charge is 0.376 e. The second-order valence-electron chi connectivity index (χ2n) is 8.35. The number of carbonyl (C=O) groups is 2. The molecule has 1 aromatic rings. The highest BCUT2D eigenvalue weighted by molar-refractivity contribution is 5.98. The molecule has 4 rings (SSSR count). The van der Waals surface area contributed by atoms with Gasteiger partial charge in [-0.2, -0.15) is 0 Å². The van der Waals surface area contributed by atoms with Crippen LogP contribution in [-0.2, 0) is 9.53 Å². The summed E-state index contributed by atoms with van der Waals surface area (Å²) in [5.41, 5.74) is 0.810. The summed E-state index contributed by atoms with van der Waals surface area (Å²) in [6, 6.07) is 3.63. The molecular weight excluding hydrogens is 356 g/mol. The van der Waals surface area contributed by atoms with Crippen LogP contribution in [0.2, 0.25) is 0 Å². The summed E-state index contributed by atoms with van der Waals surface area (Å²) in [6.45, 7) is 4.13. The Labute approximate surface area is 166 Å². The third-order valence-electron chi connectivity index (χ3n) is 6.58. The molecule has 0 aromatic carbocycles. The SMILES string of the molecule is CNC(=O)c1cccnc1N1CCC2(CCC(=O)N(C[C@@H]3CCCO3)C2)CC1.